The van der Waals surface area contributed by atoms with Crippen LogP contribution in [0.5, 0.6) is 0 Å². The summed E-state index contributed by atoms with van der Waals surface area (Å²) >= 11 is 0. The Kier molecular flexibility index (Phi) is 6.09. The minimum atomic E-state index is -4.44. The third-order valence-corrected chi connectivity index (χ3v) is 7.31. The van der Waals surface area contributed by atoms with Crippen LogP contribution in [0.1, 0.15) is 56.9 Å². The summed E-state index contributed by atoms with van der Waals surface area (Å²) in [6, 6.07) is 5.56. The molecule has 32 heavy (non-hydrogen) atoms. The molecule has 1 saturated carbocycles. The molecular formula is C24H31F3N4O. The van der Waals surface area contributed by atoms with Gasteiger partial charge in [0.25, 0.3) is 5.56 Å². The summed E-state index contributed by atoms with van der Waals surface area (Å²) in [4.78, 5) is 22.0. The minimum absolute atomic E-state index is 0.104. The van der Waals surface area contributed by atoms with E-state index in [1.165, 1.54) is 12.5 Å². The number of halogens is 3. The van der Waals surface area contributed by atoms with Crippen LogP contribution >= 0.6 is 0 Å². The molecule has 1 aliphatic heterocycles. The van der Waals surface area contributed by atoms with Crippen LogP contribution in [0.4, 0.5) is 24.8 Å². The fraction of sp³-hybridized carbons (Fsp3) is 0.583. The monoisotopic (exact) mass is 448 g/mol. The molecule has 5 nitrogen and oxygen atoms in total. The highest BCUT2D eigenvalue weighted by Gasteiger charge is 2.37. The quantitative estimate of drug-likeness (QED) is 0.637. The van der Waals surface area contributed by atoms with Gasteiger partial charge >= 0.3 is 6.18 Å². The molecule has 1 aromatic carbocycles. The average Bonchev–Trinajstić information content (AvgIpc) is 2.75. The molecule has 1 aliphatic carbocycles. The summed E-state index contributed by atoms with van der Waals surface area (Å²) in [6.07, 6.45) is -0.553. The topological polar surface area (TPSA) is 41.4 Å². The van der Waals surface area contributed by atoms with Crippen molar-refractivity contribution in [3.63, 3.8) is 0 Å². The minimum Gasteiger partial charge on any atom is -0.298 e. The Balaban J connectivity index is 1.83. The zero-order chi connectivity index (χ0) is 23.2. The summed E-state index contributed by atoms with van der Waals surface area (Å²) < 4.78 is 41.9. The number of aryl methyl sites for hydroxylation is 1. The number of nitrogens with zero attached hydrogens (tertiary/aromatic N) is 4. The van der Waals surface area contributed by atoms with E-state index in [1.807, 2.05) is 6.92 Å². The van der Waals surface area contributed by atoms with Crippen LogP contribution in [0.15, 0.2) is 29.1 Å². The van der Waals surface area contributed by atoms with Crippen LogP contribution in [0.3, 0.4) is 0 Å². The van der Waals surface area contributed by atoms with E-state index in [9.17, 15) is 18.0 Å². The summed E-state index contributed by atoms with van der Waals surface area (Å²) in [5.41, 5.74) is 0.875. The lowest BCUT2D eigenvalue weighted by molar-refractivity contribution is -0.137. The van der Waals surface area contributed by atoms with Crippen molar-refractivity contribution < 1.29 is 13.2 Å². The van der Waals surface area contributed by atoms with Crippen molar-refractivity contribution in [2.45, 2.75) is 72.3 Å². The number of aromatic nitrogens is 2. The maximum atomic E-state index is 13.4. The maximum Gasteiger partial charge on any atom is 0.416 e. The molecule has 0 bridgehead atoms. The molecule has 0 radical (unpaired) electrons. The number of rotatable bonds is 3. The second-order valence-electron chi connectivity index (χ2n) is 9.24. The number of fused-ring (bicyclic) bond motifs is 1. The molecule has 2 aromatic rings. The Morgan fingerprint density at radius 3 is 2.59 bits per heavy atom. The lowest BCUT2D eigenvalue weighted by Gasteiger charge is -2.46. The van der Waals surface area contributed by atoms with Crippen molar-refractivity contribution in [2.24, 2.45) is 11.8 Å². The fourth-order valence-corrected chi connectivity index (χ4v) is 5.22. The van der Waals surface area contributed by atoms with Gasteiger partial charge in [0.1, 0.15) is 0 Å². The van der Waals surface area contributed by atoms with Crippen LogP contribution in [0, 0.1) is 18.8 Å². The molecule has 3 atom stereocenters. The highest BCUT2D eigenvalue weighted by molar-refractivity contribution is 5.59. The van der Waals surface area contributed by atoms with Crippen LogP contribution in [-0.2, 0) is 19.3 Å². The van der Waals surface area contributed by atoms with E-state index in [0.29, 0.717) is 54.5 Å². The van der Waals surface area contributed by atoms with Crippen LogP contribution < -0.4 is 10.5 Å². The zero-order valence-corrected chi connectivity index (χ0v) is 19.1. The first kappa shape index (κ1) is 22.8. The van der Waals surface area contributed by atoms with Gasteiger partial charge in [-0.05, 0) is 49.8 Å². The summed E-state index contributed by atoms with van der Waals surface area (Å²) in [6.45, 7) is 9.03. The fourth-order valence-electron chi connectivity index (χ4n) is 5.22. The van der Waals surface area contributed by atoms with Gasteiger partial charge in [-0.25, -0.2) is 4.98 Å². The number of anilines is 2. The van der Waals surface area contributed by atoms with Gasteiger partial charge in [-0.15, -0.1) is 0 Å². The molecule has 4 rings (SSSR count). The Bertz CT molecular complexity index is 1050. The first-order valence-electron chi connectivity index (χ1n) is 11.4. The van der Waals surface area contributed by atoms with Gasteiger partial charge in [-0.1, -0.05) is 39.7 Å². The highest BCUT2D eigenvalue weighted by atomic mass is 19.4. The number of benzene rings is 1. The first-order chi connectivity index (χ1) is 15.1. The second-order valence-corrected chi connectivity index (χ2v) is 9.24. The van der Waals surface area contributed by atoms with Crippen molar-refractivity contribution in [1.29, 1.82) is 0 Å². The van der Waals surface area contributed by atoms with E-state index < -0.39 is 11.7 Å². The van der Waals surface area contributed by atoms with Crippen molar-refractivity contribution in [3.8, 4) is 0 Å². The van der Waals surface area contributed by atoms with E-state index in [2.05, 4.69) is 23.7 Å². The van der Waals surface area contributed by atoms with Gasteiger partial charge in [0.2, 0.25) is 5.95 Å². The lowest BCUT2D eigenvalue weighted by atomic mass is 9.77. The Morgan fingerprint density at radius 2 is 1.91 bits per heavy atom. The molecule has 174 valence electrons. The molecule has 2 heterocycles. The first-order valence-corrected chi connectivity index (χ1v) is 11.4. The van der Waals surface area contributed by atoms with E-state index in [1.54, 1.807) is 22.5 Å². The van der Waals surface area contributed by atoms with E-state index in [0.717, 1.165) is 25.0 Å². The van der Waals surface area contributed by atoms with Crippen LogP contribution in [0.25, 0.3) is 0 Å². The molecule has 0 N–H and O–H groups in total. The van der Waals surface area contributed by atoms with Crippen molar-refractivity contribution >= 4 is 11.6 Å². The molecule has 0 saturated heterocycles. The highest BCUT2D eigenvalue weighted by Crippen LogP contribution is 2.38. The molecule has 1 aromatic heterocycles. The molecule has 8 heteroatoms. The van der Waals surface area contributed by atoms with Crippen LogP contribution in [0.2, 0.25) is 0 Å². The average molecular weight is 449 g/mol. The van der Waals surface area contributed by atoms with E-state index in [-0.39, 0.29) is 11.6 Å². The number of alkyl halides is 3. The van der Waals surface area contributed by atoms with Gasteiger partial charge in [0.05, 0.1) is 18.9 Å². The Morgan fingerprint density at radius 1 is 1.16 bits per heavy atom. The van der Waals surface area contributed by atoms with Crippen molar-refractivity contribution in [1.82, 2.24) is 14.5 Å². The number of hydrogen-bond donors (Lipinski definition) is 0. The van der Waals surface area contributed by atoms with Gasteiger partial charge in [-0.2, -0.15) is 13.2 Å². The molecule has 0 spiro atoms. The van der Waals surface area contributed by atoms with Gasteiger partial charge in [0, 0.05) is 23.0 Å². The zero-order valence-electron chi connectivity index (χ0n) is 19.1. The molecule has 3 unspecified atom stereocenters. The van der Waals surface area contributed by atoms with E-state index >= 15 is 0 Å². The third kappa shape index (κ3) is 4.05. The van der Waals surface area contributed by atoms with Crippen molar-refractivity contribution in [2.75, 3.05) is 11.6 Å². The smallest absolute Gasteiger partial charge is 0.298 e. The van der Waals surface area contributed by atoms with Gasteiger partial charge in [0.15, 0.2) is 0 Å². The summed E-state index contributed by atoms with van der Waals surface area (Å²) in [5, 5.41) is 0. The second kappa shape index (κ2) is 8.54. The summed E-state index contributed by atoms with van der Waals surface area (Å²) in [5.74, 6) is 1.42. The largest absolute Gasteiger partial charge is 0.416 e. The molecule has 0 amide bonds. The normalized spacial score (nSPS) is 24.5. The standard InChI is InChI=1S/C24H31F3N4O/c1-5-20-17(4)28-23-30(19-10-7-9-18(12-19)24(25,26)27)13-29(14-31(23)22(20)32)21-11-6-8-15(2)16(21)3/h7,9-10,12,15-16,21H,5-6,8,11,13-14H2,1-4H3. The van der Waals surface area contributed by atoms with Gasteiger partial charge < -0.3 is 0 Å². The third-order valence-electron chi connectivity index (χ3n) is 7.31. The molecular weight excluding hydrogens is 417 g/mol. The summed E-state index contributed by atoms with van der Waals surface area (Å²) in [7, 11) is 0. The Hall–Kier alpha value is -2.35. The predicted octanol–water partition coefficient (Wildman–Crippen LogP) is 5.33. The molecule has 1 fully saturated rings. The number of hydrogen-bond acceptors (Lipinski definition) is 4. The maximum absolute atomic E-state index is 13.4. The van der Waals surface area contributed by atoms with Crippen molar-refractivity contribution in [3.05, 3.63) is 51.4 Å². The van der Waals surface area contributed by atoms with E-state index in [4.69, 9.17) is 0 Å². The predicted molar refractivity (Wildman–Crippen MR) is 119 cm³/mol. The van der Waals surface area contributed by atoms with Gasteiger partial charge in [-0.3, -0.25) is 19.2 Å². The van der Waals surface area contributed by atoms with Crippen LogP contribution in [-0.4, -0.2) is 27.2 Å². The molecule has 2 aliphatic rings. The lowest BCUT2D eigenvalue weighted by Crippen LogP contribution is -2.54. The SMILES string of the molecule is CCc1c(C)nc2n(c1=O)CN(C1CCCC(C)C1C)CN2c1cccc(C(F)(F)F)c1. The Labute approximate surface area is 186 Å².